The topological polar surface area (TPSA) is 150 Å². The Morgan fingerprint density at radius 3 is 2.73 bits per heavy atom. The van der Waals surface area contributed by atoms with E-state index in [9.17, 15) is 15.5 Å². The molecule has 9 nitrogen and oxygen atoms in total. The lowest BCUT2D eigenvalue weighted by Gasteiger charge is -2.17. The standard InChI is InChI=1S/C12H12ClN5O4/c13-9-6-4(1-14)2-18(10(6)17-12(15)16-9)11-8(21)7(20)5(3-19)22-11/h2,5,7-8,11,19-21H,3H2,(H2,15,16,17)/t5-,7-,8-,11-/m1/s1. The van der Waals surface area contributed by atoms with Gasteiger partial charge in [0.2, 0.25) is 5.95 Å². The second kappa shape index (κ2) is 5.35. The molecule has 22 heavy (non-hydrogen) atoms. The molecule has 2 aromatic rings. The molecule has 2 aromatic heterocycles. The molecule has 116 valence electrons. The molecule has 1 aliphatic heterocycles. The van der Waals surface area contributed by atoms with Crippen LogP contribution in [0.1, 0.15) is 11.8 Å². The molecule has 1 saturated heterocycles. The molecular weight excluding hydrogens is 314 g/mol. The number of nitrogens with two attached hydrogens (primary N) is 1. The number of rotatable bonds is 2. The van der Waals surface area contributed by atoms with E-state index in [4.69, 9.17) is 27.2 Å². The van der Waals surface area contributed by atoms with E-state index >= 15 is 0 Å². The van der Waals surface area contributed by atoms with Gasteiger partial charge in [0, 0.05) is 6.20 Å². The van der Waals surface area contributed by atoms with Gasteiger partial charge in [-0.25, -0.2) is 4.98 Å². The van der Waals surface area contributed by atoms with Crippen molar-refractivity contribution >= 4 is 28.6 Å². The lowest BCUT2D eigenvalue weighted by molar-refractivity contribution is -0.0508. The number of nitrogens with zero attached hydrogens (tertiary/aromatic N) is 4. The van der Waals surface area contributed by atoms with Crippen molar-refractivity contribution in [2.45, 2.75) is 24.5 Å². The number of anilines is 1. The Morgan fingerprint density at radius 1 is 1.41 bits per heavy atom. The quantitative estimate of drug-likeness (QED) is 0.521. The summed E-state index contributed by atoms with van der Waals surface area (Å²) in [6, 6.07) is 1.95. The summed E-state index contributed by atoms with van der Waals surface area (Å²) in [5, 5.41) is 38.6. The number of hydrogen-bond donors (Lipinski definition) is 4. The Balaban J connectivity index is 2.18. The molecule has 5 N–H and O–H groups in total. The number of nitrogen functional groups attached to an aromatic ring is 1. The fourth-order valence-electron chi connectivity index (χ4n) is 2.51. The molecule has 0 bridgehead atoms. The summed E-state index contributed by atoms with van der Waals surface area (Å²) >= 11 is 6.00. The molecule has 3 rings (SSSR count). The van der Waals surface area contributed by atoms with Gasteiger partial charge in [-0.15, -0.1) is 0 Å². The maximum absolute atomic E-state index is 10.1. The normalized spacial score (nSPS) is 28.1. The van der Waals surface area contributed by atoms with Crippen LogP contribution in [0.25, 0.3) is 11.0 Å². The molecule has 0 amide bonds. The number of fused-ring (bicyclic) bond motifs is 1. The van der Waals surface area contributed by atoms with Crippen molar-refractivity contribution < 1.29 is 20.1 Å². The Hall–Kier alpha value is -1.96. The van der Waals surface area contributed by atoms with Gasteiger partial charge in [-0.1, -0.05) is 11.6 Å². The third kappa shape index (κ3) is 2.09. The van der Waals surface area contributed by atoms with Crippen molar-refractivity contribution in [2.75, 3.05) is 12.3 Å². The van der Waals surface area contributed by atoms with E-state index in [2.05, 4.69) is 9.97 Å². The Labute approximate surface area is 129 Å². The largest absolute Gasteiger partial charge is 0.394 e. The molecule has 0 aliphatic carbocycles. The average molecular weight is 326 g/mol. The molecule has 0 saturated carbocycles. The van der Waals surface area contributed by atoms with Crippen molar-refractivity contribution in [3.8, 4) is 6.07 Å². The Morgan fingerprint density at radius 2 is 2.14 bits per heavy atom. The first-order valence-corrected chi connectivity index (χ1v) is 6.71. The highest BCUT2D eigenvalue weighted by atomic mass is 35.5. The maximum atomic E-state index is 10.1. The Bertz CT molecular complexity index is 773. The van der Waals surface area contributed by atoms with Gasteiger partial charge in [0.1, 0.15) is 29.5 Å². The maximum Gasteiger partial charge on any atom is 0.223 e. The summed E-state index contributed by atoms with van der Waals surface area (Å²) in [6.07, 6.45) is -3.19. The molecule has 0 spiro atoms. The number of nitriles is 1. The summed E-state index contributed by atoms with van der Waals surface area (Å²) in [6.45, 7) is -0.461. The molecule has 3 heterocycles. The summed E-state index contributed by atoms with van der Waals surface area (Å²) in [5.41, 5.74) is 5.94. The van der Waals surface area contributed by atoms with Crippen molar-refractivity contribution in [3.63, 3.8) is 0 Å². The van der Waals surface area contributed by atoms with E-state index in [1.807, 2.05) is 6.07 Å². The van der Waals surface area contributed by atoms with Crippen LogP contribution in [0, 0.1) is 11.3 Å². The van der Waals surface area contributed by atoms with E-state index < -0.39 is 31.1 Å². The first-order valence-electron chi connectivity index (χ1n) is 6.34. The van der Waals surface area contributed by atoms with E-state index in [1.54, 1.807) is 0 Å². The van der Waals surface area contributed by atoms with Crippen LogP contribution in [0.2, 0.25) is 5.15 Å². The fourth-order valence-corrected chi connectivity index (χ4v) is 2.78. The highest BCUT2D eigenvalue weighted by Gasteiger charge is 2.44. The van der Waals surface area contributed by atoms with Crippen LogP contribution in [0.5, 0.6) is 0 Å². The van der Waals surface area contributed by atoms with Gasteiger partial charge in [-0.05, 0) is 0 Å². The number of aliphatic hydroxyl groups excluding tert-OH is 3. The zero-order valence-electron chi connectivity index (χ0n) is 11.1. The van der Waals surface area contributed by atoms with Crippen LogP contribution in [-0.2, 0) is 4.74 Å². The number of aromatic nitrogens is 3. The van der Waals surface area contributed by atoms with Crippen LogP contribution in [-0.4, -0.2) is 54.8 Å². The van der Waals surface area contributed by atoms with E-state index in [1.165, 1.54) is 10.8 Å². The second-order valence-corrected chi connectivity index (χ2v) is 5.22. The van der Waals surface area contributed by atoms with Crippen LogP contribution in [0.3, 0.4) is 0 Å². The number of ether oxygens (including phenoxy) is 1. The number of hydrogen-bond acceptors (Lipinski definition) is 8. The second-order valence-electron chi connectivity index (χ2n) is 4.86. The third-order valence-corrected chi connectivity index (χ3v) is 3.83. The van der Waals surface area contributed by atoms with Crippen LogP contribution >= 0.6 is 11.6 Å². The van der Waals surface area contributed by atoms with E-state index in [-0.39, 0.29) is 27.7 Å². The number of aliphatic hydroxyl groups is 3. The summed E-state index contributed by atoms with van der Waals surface area (Å²) in [7, 11) is 0. The zero-order valence-corrected chi connectivity index (χ0v) is 11.8. The monoisotopic (exact) mass is 325 g/mol. The molecule has 0 aromatic carbocycles. The average Bonchev–Trinajstić information content (AvgIpc) is 2.98. The van der Waals surface area contributed by atoms with Gasteiger partial charge in [0.15, 0.2) is 11.9 Å². The van der Waals surface area contributed by atoms with Crippen LogP contribution in [0.15, 0.2) is 6.20 Å². The first kappa shape index (κ1) is 15.0. The predicted octanol–water partition coefficient (Wildman–Crippen LogP) is -0.850. The van der Waals surface area contributed by atoms with Gasteiger partial charge >= 0.3 is 0 Å². The molecular formula is C12H12ClN5O4. The van der Waals surface area contributed by atoms with Crippen molar-refractivity contribution in [3.05, 3.63) is 16.9 Å². The summed E-state index contributed by atoms with van der Waals surface area (Å²) in [5.74, 6) is -0.104. The van der Waals surface area contributed by atoms with Gasteiger partial charge in [0.25, 0.3) is 0 Å². The van der Waals surface area contributed by atoms with Gasteiger partial charge < -0.3 is 30.4 Å². The number of halogens is 1. The molecule has 0 unspecified atom stereocenters. The molecule has 10 heteroatoms. The van der Waals surface area contributed by atoms with Crippen molar-refractivity contribution in [1.29, 1.82) is 5.26 Å². The van der Waals surface area contributed by atoms with E-state index in [0.717, 1.165) is 0 Å². The Kier molecular flexibility index (Phi) is 3.64. The highest BCUT2D eigenvalue weighted by Crippen LogP contribution is 2.35. The minimum Gasteiger partial charge on any atom is -0.394 e. The molecule has 1 fully saturated rings. The van der Waals surface area contributed by atoms with Gasteiger partial charge in [0.05, 0.1) is 17.6 Å². The lowest BCUT2D eigenvalue weighted by atomic mass is 10.1. The highest BCUT2D eigenvalue weighted by molar-refractivity contribution is 6.34. The summed E-state index contributed by atoms with van der Waals surface area (Å²) in [4.78, 5) is 7.81. The van der Waals surface area contributed by atoms with Crippen molar-refractivity contribution in [1.82, 2.24) is 14.5 Å². The smallest absolute Gasteiger partial charge is 0.223 e. The SMILES string of the molecule is N#Cc1cn([C@@H]2O[C@H](CO)[C@@H](O)[C@H]2O)c2nc(N)nc(Cl)c12. The first-order chi connectivity index (χ1) is 10.5. The van der Waals surface area contributed by atoms with Crippen LogP contribution in [0.4, 0.5) is 5.95 Å². The van der Waals surface area contributed by atoms with Gasteiger partial charge in [-0.2, -0.15) is 10.2 Å². The van der Waals surface area contributed by atoms with E-state index in [0.29, 0.717) is 0 Å². The minimum absolute atomic E-state index is 0.00421. The fraction of sp³-hybridized carbons (Fsp3) is 0.417. The molecule has 0 radical (unpaired) electrons. The lowest BCUT2D eigenvalue weighted by Crippen LogP contribution is -2.33. The minimum atomic E-state index is -1.31. The van der Waals surface area contributed by atoms with Crippen LogP contribution < -0.4 is 5.73 Å². The zero-order chi connectivity index (χ0) is 16.0. The molecule has 1 aliphatic rings. The van der Waals surface area contributed by atoms with Crippen molar-refractivity contribution in [2.24, 2.45) is 0 Å². The van der Waals surface area contributed by atoms with Gasteiger partial charge in [-0.3, -0.25) is 0 Å². The predicted molar refractivity (Wildman–Crippen MR) is 74.7 cm³/mol. The summed E-state index contributed by atoms with van der Waals surface area (Å²) < 4.78 is 6.77. The third-order valence-electron chi connectivity index (χ3n) is 3.56. The molecule has 4 atom stereocenters.